The Labute approximate surface area is 164 Å². The van der Waals surface area contributed by atoms with E-state index in [0.29, 0.717) is 19.4 Å². The lowest BCUT2D eigenvalue weighted by Crippen LogP contribution is -2.52. The molecule has 0 spiro atoms. The Hall–Kier alpha value is -2.65. The maximum absolute atomic E-state index is 12.4. The van der Waals surface area contributed by atoms with Gasteiger partial charge in [-0.2, -0.15) is 0 Å². The van der Waals surface area contributed by atoms with Crippen molar-refractivity contribution < 1.29 is 24.0 Å². The number of rotatable bonds is 7. The Morgan fingerprint density at radius 1 is 0.964 bits per heavy atom. The molecule has 156 valence electrons. The number of urea groups is 1. The van der Waals surface area contributed by atoms with Crippen LogP contribution in [0.25, 0.3) is 0 Å². The first-order valence-electron chi connectivity index (χ1n) is 9.53. The second-order valence-corrected chi connectivity index (χ2v) is 8.19. The van der Waals surface area contributed by atoms with Crippen LogP contribution >= 0.6 is 0 Å². The van der Waals surface area contributed by atoms with Crippen LogP contribution in [0.4, 0.5) is 4.79 Å². The SMILES string of the molecule is CC(C)(C)NC(=O)NCC(=O)N1CCCC1C(=O)NCC(=O)C(=O)NC1CC1. The second-order valence-electron chi connectivity index (χ2n) is 8.19. The Bertz CT molecular complexity index is 653. The van der Waals surface area contributed by atoms with Gasteiger partial charge in [0.15, 0.2) is 0 Å². The molecule has 2 fully saturated rings. The minimum Gasteiger partial charge on any atom is -0.347 e. The first kappa shape index (κ1) is 21.6. The van der Waals surface area contributed by atoms with Gasteiger partial charge in [-0.05, 0) is 46.5 Å². The molecule has 1 aliphatic carbocycles. The molecule has 28 heavy (non-hydrogen) atoms. The summed E-state index contributed by atoms with van der Waals surface area (Å²) in [5, 5.41) is 10.2. The van der Waals surface area contributed by atoms with E-state index in [2.05, 4.69) is 21.3 Å². The molecule has 1 unspecified atom stereocenters. The van der Waals surface area contributed by atoms with Crippen LogP contribution < -0.4 is 21.3 Å². The van der Waals surface area contributed by atoms with Crippen LogP contribution in [0.1, 0.15) is 46.5 Å². The van der Waals surface area contributed by atoms with Crippen molar-refractivity contribution in [3.8, 4) is 0 Å². The number of hydrogen-bond acceptors (Lipinski definition) is 5. The summed E-state index contributed by atoms with van der Waals surface area (Å²) in [5.41, 5.74) is -0.429. The van der Waals surface area contributed by atoms with Gasteiger partial charge < -0.3 is 26.2 Å². The van der Waals surface area contributed by atoms with Crippen molar-refractivity contribution >= 4 is 29.5 Å². The van der Waals surface area contributed by atoms with Crippen molar-refractivity contribution in [3.63, 3.8) is 0 Å². The van der Waals surface area contributed by atoms with E-state index in [4.69, 9.17) is 0 Å². The fraction of sp³-hybridized carbons (Fsp3) is 0.722. The van der Waals surface area contributed by atoms with Gasteiger partial charge in [-0.1, -0.05) is 0 Å². The topological polar surface area (TPSA) is 137 Å². The lowest BCUT2D eigenvalue weighted by Gasteiger charge is -2.25. The molecular formula is C18H29N5O5. The van der Waals surface area contributed by atoms with Gasteiger partial charge in [0.1, 0.15) is 6.04 Å². The predicted molar refractivity (Wildman–Crippen MR) is 100 cm³/mol. The molecule has 1 saturated carbocycles. The fourth-order valence-electron chi connectivity index (χ4n) is 2.84. The molecule has 0 aromatic rings. The van der Waals surface area contributed by atoms with E-state index in [0.717, 1.165) is 12.8 Å². The molecule has 4 N–H and O–H groups in total. The van der Waals surface area contributed by atoms with Crippen molar-refractivity contribution in [1.82, 2.24) is 26.2 Å². The minimum atomic E-state index is -0.711. The quantitative estimate of drug-likeness (QED) is 0.412. The van der Waals surface area contributed by atoms with Crippen molar-refractivity contribution in [2.75, 3.05) is 19.6 Å². The van der Waals surface area contributed by atoms with E-state index in [1.54, 1.807) is 0 Å². The van der Waals surface area contributed by atoms with Crippen molar-refractivity contribution in [3.05, 3.63) is 0 Å². The van der Waals surface area contributed by atoms with E-state index < -0.39 is 41.8 Å². The molecule has 2 rings (SSSR count). The van der Waals surface area contributed by atoms with Crippen LogP contribution in [0.5, 0.6) is 0 Å². The summed E-state index contributed by atoms with van der Waals surface area (Å²) in [4.78, 5) is 61.3. The fourth-order valence-corrected chi connectivity index (χ4v) is 2.84. The van der Waals surface area contributed by atoms with Gasteiger partial charge in [0.05, 0.1) is 13.1 Å². The first-order chi connectivity index (χ1) is 13.1. The molecule has 1 saturated heterocycles. The molecular weight excluding hydrogens is 366 g/mol. The minimum absolute atomic E-state index is 0.0677. The van der Waals surface area contributed by atoms with Crippen LogP contribution in [0, 0.1) is 0 Å². The highest BCUT2D eigenvalue weighted by atomic mass is 16.2. The zero-order valence-electron chi connectivity index (χ0n) is 16.6. The van der Waals surface area contributed by atoms with Crippen LogP contribution in [0.2, 0.25) is 0 Å². The molecule has 1 heterocycles. The standard InChI is InChI=1S/C18H29N5O5/c1-18(2,3)22-17(28)20-10-14(25)23-8-4-5-12(23)15(26)19-9-13(24)16(27)21-11-6-7-11/h11-12H,4-10H2,1-3H3,(H,19,26)(H,21,27)(H2,20,22,28). The molecule has 5 amide bonds. The average Bonchev–Trinajstić information content (AvgIpc) is 3.27. The highest BCUT2D eigenvalue weighted by molar-refractivity contribution is 6.37. The Morgan fingerprint density at radius 3 is 2.25 bits per heavy atom. The molecule has 10 heteroatoms. The molecule has 0 radical (unpaired) electrons. The van der Waals surface area contributed by atoms with E-state index in [1.165, 1.54) is 4.90 Å². The van der Waals surface area contributed by atoms with Crippen molar-refractivity contribution in [1.29, 1.82) is 0 Å². The third kappa shape index (κ3) is 6.82. The van der Waals surface area contributed by atoms with E-state index in [1.807, 2.05) is 20.8 Å². The summed E-state index contributed by atoms with van der Waals surface area (Å²) >= 11 is 0. The zero-order valence-corrected chi connectivity index (χ0v) is 16.6. The Balaban J connectivity index is 1.77. The molecule has 2 aliphatic rings. The zero-order chi connectivity index (χ0) is 20.9. The summed E-state index contributed by atoms with van der Waals surface area (Å²) in [5.74, 6) is -2.26. The number of carbonyl (C=O) groups is 5. The van der Waals surface area contributed by atoms with Gasteiger partial charge in [-0.15, -0.1) is 0 Å². The predicted octanol–water partition coefficient (Wildman–Crippen LogP) is -0.961. The lowest BCUT2D eigenvalue weighted by molar-refractivity contribution is -0.140. The van der Waals surface area contributed by atoms with E-state index in [-0.39, 0.29) is 18.5 Å². The number of hydrogen-bond donors (Lipinski definition) is 4. The van der Waals surface area contributed by atoms with E-state index in [9.17, 15) is 24.0 Å². The lowest BCUT2D eigenvalue weighted by atomic mass is 10.1. The monoisotopic (exact) mass is 395 g/mol. The number of nitrogens with zero attached hydrogens (tertiary/aromatic N) is 1. The number of likely N-dealkylation sites (tertiary alicyclic amines) is 1. The molecule has 0 bridgehead atoms. The van der Waals surface area contributed by atoms with Crippen LogP contribution in [0.15, 0.2) is 0 Å². The third-order valence-corrected chi connectivity index (χ3v) is 4.35. The average molecular weight is 395 g/mol. The first-order valence-corrected chi connectivity index (χ1v) is 9.53. The smallest absolute Gasteiger partial charge is 0.315 e. The summed E-state index contributed by atoms with van der Waals surface area (Å²) in [7, 11) is 0. The largest absolute Gasteiger partial charge is 0.347 e. The molecule has 0 aromatic carbocycles. The third-order valence-electron chi connectivity index (χ3n) is 4.35. The maximum atomic E-state index is 12.4. The Morgan fingerprint density at radius 2 is 1.64 bits per heavy atom. The van der Waals surface area contributed by atoms with Gasteiger partial charge in [-0.25, -0.2) is 4.79 Å². The van der Waals surface area contributed by atoms with E-state index >= 15 is 0 Å². The maximum Gasteiger partial charge on any atom is 0.315 e. The summed E-state index contributed by atoms with van der Waals surface area (Å²) in [6.45, 7) is 5.23. The van der Waals surface area contributed by atoms with Crippen molar-refractivity contribution in [2.45, 2.75) is 64.1 Å². The van der Waals surface area contributed by atoms with Crippen LogP contribution in [-0.2, 0) is 19.2 Å². The van der Waals surface area contributed by atoms with Gasteiger partial charge in [0.25, 0.3) is 5.91 Å². The van der Waals surface area contributed by atoms with Gasteiger partial charge in [0, 0.05) is 18.1 Å². The summed E-state index contributed by atoms with van der Waals surface area (Å²) in [6, 6.07) is -1.11. The molecule has 0 aromatic heterocycles. The number of ketones is 1. The highest BCUT2D eigenvalue weighted by Crippen LogP contribution is 2.18. The molecule has 10 nitrogen and oxygen atoms in total. The normalized spacial score (nSPS) is 19.0. The van der Waals surface area contributed by atoms with Gasteiger partial charge in [-0.3, -0.25) is 19.2 Å². The second kappa shape index (κ2) is 9.03. The van der Waals surface area contributed by atoms with Crippen LogP contribution in [0.3, 0.4) is 0 Å². The molecule has 1 aliphatic heterocycles. The molecule has 1 atom stereocenters. The Kier molecular flexibility index (Phi) is 6.98. The number of carbonyl (C=O) groups excluding carboxylic acids is 5. The van der Waals surface area contributed by atoms with Gasteiger partial charge >= 0.3 is 6.03 Å². The summed E-state index contributed by atoms with van der Waals surface area (Å²) < 4.78 is 0. The highest BCUT2D eigenvalue weighted by Gasteiger charge is 2.34. The van der Waals surface area contributed by atoms with Crippen molar-refractivity contribution in [2.24, 2.45) is 0 Å². The number of nitrogens with one attached hydrogen (secondary N) is 4. The number of amides is 5. The van der Waals surface area contributed by atoms with Gasteiger partial charge in [0.2, 0.25) is 17.6 Å². The van der Waals surface area contributed by atoms with Crippen LogP contribution in [-0.4, -0.2) is 71.7 Å². The number of Topliss-reactive ketones (excluding diaryl/α,β-unsaturated/α-hetero) is 1. The summed E-state index contributed by atoms with van der Waals surface area (Å²) in [6.07, 6.45) is 2.85.